The van der Waals surface area contributed by atoms with Crippen molar-refractivity contribution in [3.8, 4) is 0 Å². The van der Waals surface area contributed by atoms with Crippen molar-refractivity contribution in [1.82, 2.24) is 0 Å². The van der Waals surface area contributed by atoms with Crippen LogP contribution >= 0.6 is 0 Å². The van der Waals surface area contributed by atoms with Gasteiger partial charge in [0.15, 0.2) is 6.17 Å². The summed E-state index contributed by atoms with van der Waals surface area (Å²) >= 11 is 0. The number of halogens is 5. The molecule has 3 unspecified atom stereocenters. The maximum atomic E-state index is 13.4. The first-order valence-electron chi connectivity index (χ1n) is 4.57. The van der Waals surface area contributed by atoms with E-state index in [1.165, 1.54) is 0 Å². The van der Waals surface area contributed by atoms with Gasteiger partial charge in [0, 0.05) is 6.42 Å². The first-order valence-corrected chi connectivity index (χ1v) is 4.57. The number of ether oxygens (including phenoxy) is 2. The zero-order valence-electron chi connectivity index (χ0n) is 8.27. The number of allylic oxidation sites excluding steroid dienone is 1. The fourth-order valence-corrected chi connectivity index (χ4v) is 1.03. The van der Waals surface area contributed by atoms with Gasteiger partial charge < -0.3 is 9.47 Å². The third kappa shape index (κ3) is 2.91. The average molecular weight is 246 g/mol. The van der Waals surface area contributed by atoms with Gasteiger partial charge in [0.1, 0.15) is 6.10 Å². The van der Waals surface area contributed by atoms with Crippen LogP contribution in [0.25, 0.3) is 0 Å². The van der Waals surface area contributed by atoms with Gasteiger partial charge in [0.25, 0.3) is 0 Å². The topological polar surface area (TPSA) is 21.8 Å². The maximum absolute atomic E-state index is 13.4. The molecule has 0 bridgehead atoms. The minimum Gasteiger partial charge on any atom is -0.371 e. The molecule has 0 spiro atoms. The number of rotatable bonds is 6. The molecule has 0 radical (unpaired) electrons. The summed E-state index contributed by atoms with van der Waals surface area (Å²) in [6.07, 6.45) is -8.75. The van der Waals surface area contributed by atoms with Crippen molar-refractivity contribution in [3.63, 3.8) is 0 Å². The maximum Gasteiger partial charge on any atom is 0.451 e. The molecule has 1 heterocycles. The molecule has 0 aliphatic carbocycles. The highest BCUT2D eigenvalue weighted by atomic mass is 19.4. The zero-order valence-corrected chi connectivity index (χ0v) is 8.27. The molecule has 7 heteroatoms. The Balaban J connectivity index is 2.68. The third-order valence-electron chi connectivity index (χ3n) is 2.04. The minimum atomic E-state index is -5.43. The smallest absolute Gasteiger partial charge is 0.371 e. The molecule has 3 atom stereocenters. The molecule has 94 valence electrons. The van der Waals surface area contributed by atoms with Crippen molar-refractivity contribution in [2.24, 2.45) is 0 Å². The molecule has 0 aromatic rings. The van der Waals surface area contributed by atoms with Crippen molar-refractivity contribution in [2.45, 2.75) is 30.7 Å². The van der Waals surface area contributed by atoms with Crippen LogP contribution in [-0.4, -0.2) is 37.5 Å². The summed E-state index contributed by atoms with van der Waals surface area (Å²) in [4.78, 5) is 0. The van der Waals surface area contributed by atoms with E-state index < -0.39 is 37.3 Å². The highest BCUT2D eigenvalue weighted by Gasteiger charge is 2.63. The lowest BCUT2D eigenvalue weighted by atomic mass is 10.1. The van der Waals surface area contributed by atoms with Crippen LogP contribution in [-0.2, 0) is 9.47 Å². The second-order valence-corrected chi connectivity index (χ2v) is 3.40. The van der Waals surface area contributed by atoms with Gasteiger partial charge in [-0.1, -0.05) is 6.08 Å². The van der Waals surface area contributed by atoms with Crippen LogP contribution in [0, 0.1) is 0 Å². The Labute approximate surface area is 89.0 Å². The standard InChI is InChI=1S/C9H11F5O2/c1-2-3-7(10)8(11,9(12,13)14)16-5-6-4-15-6/h2,6-7H,1,3-5H2. The molecular weight excluding hydrogens is 235 g/mol. The lowest BCUT2D eigenvalue weighted by Crippen LogP contribution is -2.51. The molecule has 0 N–H and O–H groups in total. The Morgan fingerprint density at radius 2 is 2.00 bits per heavy atom. The lowest BCUT2D eigenvalue weighted by Gasteiger charge is -2.30. The first kappa shape index (κ1) is 13.4. The number of hydrogen-bond donors (Lipinski definition) is 0. The predicted octanol–water partition coefficient (Wildman–Crippen LogP) is 2.54. The Morgan fingerprint density at radius 3 is 2.38 bits per heavy atom. The number of hydrogen-bond acceptors (Lipinski definition) is 2. The summed E-state index contributed by atoms with van der Waals surface area (Å²) in [6, 6.07) is 0. The lowest BCUT2D eigenvalue weighted by molar-refractivity contribution is -0.353. The van der Waals surface area contributed by atoms with Gasteiger partial charge >= 0.3 is 12.0 Å². The van der Waals surface area contributed by atoms with Crippen LogP contribution in [0.2, 0.25) is 0 Å². The Hall–Kier alpha value is -0.690. The molecule has 1 fully saturated rings. The Bertz CT molecular complexity index is 251. The highest BCUT2D eigenvalue weighted by Crippen LogP contribution is 2.41. The second-order valence-electron chi connectivity index (χ2n) is 3.40. The summed E-state index contributed by atoms with van der Waals surface area (Å²) < 4.78 is 72.1. The van der Waals surface area contributed by atoms with Crippen LogP contribution in [0.15, 0.2) is 12.7 Å². The molecular formula is C9H11F5O2. The first-order chi connectivity index (χ1) is 7.31. The number of alkyl halides is 5. The SMILES string of the molecule is C=CCC(F)C(F)(OCC1CO1)C(F)(F)F. The summed E-state index contributed by atoms with van der Waals surface area (Å²) in [5.74, 6) is -4.30. The van der Waals surface area contributed by atoms with E-state index >= 15 is 0 Å². The summed E-state index contributed by atoms with van der Waals surface area (Å²) in [5, 5.41) is 0. The zero-order chi connectivity index (χ0) is 12.4. The summed E-state index contributed by atoms with van der Waals surface area (Å²) in [5.41, 5.74) is 0. The van der Waals surface area contributed by atoms with Gasteiger partial charge in [-0.15, -0.1) is 6.58 Å². The van der Waals surface area contributed by atoms with Crippen LogP contribution in [0.5, 0.6) is 0 Å². The Kier molecular flexibility index (Phi) is 3.90. The molecule has 0 aromatic carbocycles. The van der Waals surface area contributed by atoms with Crippen molar-refractivity contribution in [2.75, 3.05) is 13.2 Å². The highest BCUT2D eigenvalue weighted by molar-refractivity contribution is 4.90. The van der Waals surface area contributed by atoms with E-state index in [-0.39, 0.29) is 6.61 Å². The van der Waals surface area contributed by atoms with Gasteiger partial charge in [-0.05, 0) is 0 Å². The molecule has 1 saturated heterocycles. The van der Waals surface area contributed by atoms with Gasteiger partial charge in [0.05, 0.1) is 13.2 Å². The molecule has 1 rings (SSSR count). The monoisotopic (exact) mass is 246 g/mol. The van der Waals surface area contributed by atoms with Gasteiger partial charge in [-0.3, -0.25) is 0 Å². The largest absolute Gasteiger partial charge is 0.451 e. The molecule has 1 aliphatic rings. The predicted molar refractivity (Wildman–Crippen MR) is 45.3 cm³/mol. The van der Waals surface area contributed by atoms with E-state index in [1.54, 1.807) is 0 Å². The average Bonchev–Trinajstić information content (AvgIpc) is 2.96. The van der Waals surface area contributed by atoms with E-state index in [2.05, 4.69) is 16.1 Å². The van der Waals surface area contributed by atoms with Crippen LogP contribution in [0.3, 0.4) is 0 Å². The minimum absolute atomic E-state index is 0.201. The van der Waals surface area contributed by atoms with Gasteiger partial charge in [-0.25, -0.2) is 4.39 Å². The number of epoxide rings is 1. The summed E-state index contributed by atoms with van der Waals surface area (Å²) in [7, 11) is 0. The van der Waals surface area contributed by atoms with Crippen LogP contribution < -0.4 is 0 Å². The third-order valence-corrected chi connectivity index (χ3v) is 2.04. The van der Waals surface area contributed by atoms with Crippen molar-refractivity contribution in [3.05, 3.63) is 12.7 Å². The molecule has 0 amide bonds. The fourth-order valence-electron chi connectivity index (χ4n) is 1.03. The quantitative estimate of drug-likeness (QED) is 0.408. The summed E-state index contributed by atoms with van der Waals surface area (Å²) in [6.45, 7) is 2.63. The van der Waals surface area contributed by atoms with E-state index in [4.69, 9.17) is 0 Å². The molecule has 0 aromatic heterocycles. The second kappa shape index (κ2) is 4.67. The van der Waals surface area contributed by atoms with Crippen LogP contribution in [0.1, 0.15) is 6.42 Å². The van der Waals surface area contributed by atoms with Crippen molar-refractivity contribution >= 4 is 0 Å². The van der Waals surface area contributed by atoms with Gasteiger partial charge in [0.2, 0.25) is 0 Å². The van der Waals surface area contributed by atoms with E-state index in [0.29, 0.717) is 0 Å². The van der Waals surface area contributed by atoms with E-state index in [9.17, 15) is 22.0 Å². The molecule has 16 heavy (non-hydrogen) atoms. The van der Waals surface area contributed by atoms with Crippen LogP contribution in [0.4, 0.5) is 22.0 Å². The normalized spacial score (nSPS) is 25.9. The van der Waals surface area contributed by atoms with E-state index in [1.807, 2.05) is 0 Å². The fraction of sp³-hybridized carbons (Fsp3) is 0.778. The molecule has 1 aliphatic heterocycles. The van der Waals surface area contributed by atoms with E-state index in [0.717, 1.165) is 6.08 Å². The molecule has 2 nitrogen and oxygen atoms in total. The Morgan fingerprint density at radius 1 is 1.44 bits per heavy atom. The van der Waals surface area contributed by atoms with Crippen molar-refractivity contribution < 1.29 is 31.4 Å². The van der Waals surface area contributed by atoms with Crippen molar-refractivity contribution in [1.29, 1.82) is 0 Å². The molecule has 0 saturated carbocycles. The van der Waals surface area contributed by atoms with Gasteiger partial charge in [-0.2, -0.15) is 17.6 Å².